The molecule has 1 aromatic rings. The molecule has 0 spiro atoms. The van der Waals surface area contributed by atoms with Crippen LogP contribution in [0.3, 0.4) is 0 Å². The Morgan fingerprint density at radius 1 is 1.36 bits per heavy atom. The minimum Gasteiger partial charge on any atom is -0.462 e. The van der Waals surface area contributed by atoms with Crippen molar-refractivity contribution in [3.05, 3.63) is 16.0 Å². The molecule has 0 aliphatic heterocycles. The molecule has 1 heterocycles. The monoisotopic (exact) mass is 451 g/mol. The summed E-state index contributed by atoms with van der Waals surface area (Å²) in [6.07, 6.45) is 1.35. The number of amides is 1. The van der Waals surface area contributed by atoms with E-state index in [1.807, 2.05) is 0 Å². The second-order valence-electron chi connectivity index (χ2n) is 4.77. The summed E-state index contributed by atoms with van der Waals surface area (Å²) in [4.78, 5) is 36.9. The number of anilines is 1. The van der Waals surface area contributed by atoms with E-state index >= 15 is 0 Å². The smallest absolute Gasteiger partial charge is 0.341 e. The fourth-order valence-electron chi connectivity index (χ4n) is 2.17. The van der Waals surface area contributed by atoms with Gasteiger partial charge in [0.15, 0.2) is 5.78 Å². The molecule has 0 bridgehead atoms. The Kier molecular flexibility index (Phi) is 5.45. The molecule has 1 N–H and O–H groups in total. The molecule has 0 atom stereocenters. The molecule has 0 aromatic carbocycles. The second kappa shape index (κ2) is 6.80. The number of nitrogens with one attached hydrogen (secondary N) is 1. The largest absolute Gasteiger partial charge is 0.462 e. The third-order valence-electron chi connectivity index (χ3n) is 3.29. The summed E-state index contributed by atoms with van der Waals surface area (Å²) in [5.41, 5.74) is 0.974. The molecule has 5 nitrogen and oxygen atoms in total. The SMILES string of the molecule is CCOC(=O)c1c(NC(=O)CC)sc2c1CCC(Br)(Br)C2=O. The number of hydrogen-bond acceptors (Lipinski definition) is 5. The van der Waals surface area contributed by atoms with Gasteiger partial charge in [0.25, 0.3) is 0 Å². The molecule has 1 aliphatic carbocycles. The summed E-state index contributed by atoms with van der Waals surface area (Å²) in [5.74, 6) is -0.849. The van der Waals surface area contributed by atoms with Gasteiger partial charge < -0.3 is 10.1 Å². The highest BCUT2D eigenvalue weighted by atomic mass is 79.9. The zero-order valence-electron chi connectivity index (χ0n) is 12.1. The predicted molar refractivity (Wildman–Crippen MR) is 92.4 cm³/mol. The van der Waals surface area contributed by atoms with Gasteiger partial charge in [-0.2, -0.15) is 0 Å². The lowest BCUT2D eigenvalue weighted by molar-refractivity contribution is -0.115. The van der Waals surface area contributed by atoms with Crippen molar-refractivity contribution in [3.8, 4) is 0 Å². The molecule has 8 heteroatoms. The number of Topliss-reactive ketones (excluding diaryl/α,β-unsaturated/α-hetero) is 1. The summed E-state index contributed by atoms with van der Waals surface area (Å²) in [6.45, 7) is 3.67. The minimum absolute atomic E-state index is 0.138. The van der Waals surface area contributed by atoms with Gasteiger partial charge in [0.05, 0.1) is 17.0 Å². The van der Waals surface area contributed by atoms with Crippen LogP contribution < -0.4 is 5.32 Å². The quantitative estimate of drug-likeness (QED) is 0.555. The van der Waals surface area contributed by atoms with Crippen molar-refractivity contribution < 1.29 is 19.1 Å². The Bertz CT molecular complexity index is 639. The number of hydrogen-bond donors (Lipinski definition) is 1. The maximum atomic E-state index is 12.5. The average Bonchev–Trinajstić information content (AvgIpc) is 2.82. The van der Waals surface area contributed by atoms with E-state index in [0.717, 1.165) is 11.3 Å². The van der Waals surface area contributed by atoms with Crippen LogP contribution in [0.1, 0.15) is 52.3 Å². The van der Waals surface area contributed by atoms with E-state index in [1.54, 1.807) is 13.8 Å². The molecule has 0 fully saturated rings. The van der Waals surface area contributed by atoms with E-state index < -0.39 is 9.20 Å². The zero-order valence-corrected chi connectivity index (χ0v) is 16.1. The highest BCUT2D eigenvalue weighted by Crippen LogP contribution is 2.46. The maximum Gasteiger partial charge on any atom is 0.341 e. The van der Waals surface area contributed by atoms with E-state index in [-0.39, 0.29) is 18.3 Å². The first-order valence-corrected chi connectivity index (χ1v) is 9.27. The van der Waals surface area contributed by atoms with Crippen LogP contribution in [0.2, 0.25) is 0 Å². The van der Waals surface area contributed by atoms with Gasteiger partial charge in [0, 0.05) is 6.42 Å². The van der Waals surface area contributed by atoms with Gasteiger partial charge in [-0.1, -0.05) is 38.8 Å². The van der Waals surface area contributed by atoms with Crippen molar-refractivity contribution in [2.24, 2.45) is 0 Å². The standard InChI is InChI=1S/C14H15Br2NO4S/c1-3-8(18)17-12-9(13(20)21-4-2)7-5-6-14(15,16)11(19)10(7)22-12/h3-6H2,1-2H3,(H,17,18). The molecule has 2 rings (SSSR count). The third-order valence-corrected chi connectivity index (χ3v) is 5.95. The first-order chi connectivity index (χ1) is 10.3. The Morgan fingerprint density at radius 3 is 2.64 bits per heavy atom. The van der Waals surface area contributed by atoms with Crippen molar-refractivity contribution in [2.75, 3.05) is 11.9 Å². The zero-order chi connectivity index (χ0) is 16.5. The molecule has 1 aliphatic rings. The molecule has 1 amide bonds. The highest BCUT2D eigenvalue weighted by molar-refractivity contribution is 9.26. The maximum absolute atomic E-state index is 12.5. The fourth-order valence-corrected chi connectivity index (χ4v) is 4.50. The van der Waals surface area contributed by atoms with Crippen LogP contribution in [-0.4, -0.2) is 27.5 Å². The van der Waals surface area contributed by atoms with Crippen molar-refractivity contribution in [2.45, 2.75) is 36.3 Å². The number of rotatable bonds is 4. The van der Waals surface area contributed by atoms with Crippen molar-refractivity contribution in [1.82, 2.24) is 0 Å². The molecule has 0 unspecified atom stereocenters. The molecule has 0 saturated heterocycles. The number of ether oxygens (including phenoxy) is 1. The Labute approximate surface area is 149 Å². The molecule has 22 heavy (non-hydrogen) atoms. The lowest BCUT2D eigenvalue weighted by atomic mass is 9.94. The highest BCUT2D eigenvalue weighted by Gasteiger charge is 2.42. The van der Waals surface area contributed by atoms with Gasteiger partial charge in [0.1, 0.15) is 8.23 Å². The number of thiophene rings is 1. The minimum atomic E-state index is -0.810. The third kappa shape index (κ3) is 3.28. The van der Waals surface area contributed by atoms with Crippen LogP contribution in [0.15, 0.2) is 0 Å². The van der Waals surface area contributed by atoms with Gasteiger partial charge in [-0.15, -0.1) is 11.3 Å². The first-order valence-electron chi connectivity index (χ1n) is 6.87. The van der Waals surface area contributed by atoms with E-state index in [4.69, 9.17) is 4.74 Å². The predicted octanol–water partition coefficient (Wildman–Crippen LogP) is 3.89. The summed E-state index contributed by atoms with van der Waals surface area (Å²) >= 11 is 7.86. The Hall–Kier alpha value is -0.730. The van der Waals surface area contributed by atoms with Crippen molar-refractivity contribution in [1.29, 1.82) is 0 Å². The van der Waals surface area contributed by atoms with Crippen molar-refractivity contribution in [3.63, 3.8) is 0 Å². The summed E-state index contributed by atoms with van der Waals surface area (Å²) in [6, 6.07) is 0. The lowest BCUT2D eigenvalue weighted by Gasteiger charge is -2.24. The number of ketones is 1. The molecule has 0 radical (unpaired) electrons. The summed E-state index contributed by atoms with van der Waals surface area (Å²) < 4.78 is 4.27. The van der Waals surface area contributed by atoms with E-state index in [9.17, 15) is 14.4 Å². The fraction of sp³-hybridized carbons (Fsp3) is 0.500. The number of esters is 1. The van der Waals surface area contributed by atoms with Crippen LogP contribution in [0.5, 0.6) is 0 Å². The summed E-state index contributed by atoms with van der Waals surface area (Å²) in [5, 5.41) is 3.09. The van der Waals surface area contributed by atoms with Crippen LogP contribution in [0.4, 0.5) is 5.00 Å². The average molecular weight is 453 g/mol. The first kappa shape index (κ1) is 17.6. The van der Waals surface area contributed by atoms with Gasteiger partial charge >= 0.3 is 5.97 Å². The van der Waals surface area contributed by atoms with E-state index in [2.05, 4.69) is 37.2 Å². The second-order valence-corrected chi connectivity index (χ2v) is 9.56. The lowest BCUT2D eigenvalue weighted by Crippen LogP contribution is -2.30. The molecule has 0 saturated carbocycles. The van der Waals surface area contributed by atoms with Crippen LogP contribution in [0, 0.1) is 0 Å². The van der Waals surface area contributed by atoms with E-state index in [0.29, 0.717) is 40.3 Å². The van der Waals surface area contributed by atoms with E-state index in [1.165, 1.54) is 0 Å². The number of alkyl halides is 2. The number of fused-ring (bicyclic) bond motifs is 1. The number of carbonyl (C=O) groups excluding carboxylic acids is 3. The normalized spacial score (nSPS) is 16.1. The molecular weight excluding hydrogens is 438 g/mol. The Morgan fingerprint density at radius 2 is 2.05 bits per heavy atom. The topological polar surface area (TPSA) is 72.5 Å². The van der Waals surface area contributed by atoms with Crippen LogP contribution in [-0.2, 0) is 16.0 Å². The molecular formula is C14H15Br2NO4S. The molecule has 1 aromatic heterocycles. The van der Waals surface area contributed by atoms with Gasteiger partial charge in [-0.3, -0.25) is 9.59 Å². The van der Waals surface area contributed by atoms with Crippen LogP contribution in [0.25, 0.3) is 0 Å². The Balaban J connectivity index is 2.52. The van der Waals surface area contributed by atoms with Gasteiger partial charge in [-0.05, 0) is 25.3 Å². The van der Waals surface area contributed by atoms with Crippen molar-refractivity contribution >= 4 is 65.9 Å². The number of carbonyl (C=O) groups is 3. The molecule has 120 valence electrons. The van der Waals surface area contributed by atoms with Crippen LogP contribution >= 0.6 is 43.2 Å². The van der Waals surface area contributed by atoms with Gasteiger partial charge in [-0.25, -0.2) is 4.79 Å². The van der Waals surface area contributed by atoms with Gasteiger partial charge in [0.2, 0.25) is 5.91 Å². The number of halogens is 2. The summed E-state index contributed by atoms with van der Waals surface area (Å²) in [7, 11) is 0.